The minimum Gasteiger partial charge on any atom is -0.376 e. The molecule has 33 heavy (non-hydrogen) atoms. The number of nitrogens with zero attached hydrogens (tertiary/aromatic N) is 2. The van der Waals surface area contributed by atoms with E-state index in [1.54, 1.807) is 42.5 Å². The van der Waals surface area contributed by atoms with Crippen molar-refractivity contribution in [3.63, 3.8) is 0 Å². The summed E-state index contributed by atoms with van der Waals surface area (Å²) in [5.41, 5.74) is 0.673. The second-order valence-electron chi connectivity index (χ2n) is 7.19. The SMILES string of the molecule is O=C(Nc1nnc(S(=O)(=O)Nc2ccccc2C(=O)NC[C@@H]2CCCO2)s1)c1ccccc1. The fourth-order valence-corrected chi connectivity index (χ4v) is 5.17. The van der Waals surface area contributed by atoms with Crippen molar-refractivity contribution in [3.8, 4) is 0 Å². The molecule has 3 N–H and O–H groups in total. The number of carbonyl (C=O) groups is 2. The average Bonchev–Trinajstić information content (AvgIpc) is 3.51. The number of carbonyl (C=O) groups excluding carboxylic acids is 2. The van der Waals surface area contributed by atoms with Gasteiger partial charge in [-0.25, -0.2) is 0 Å². The van der Waals surface area contributed by atoms with Gasteiger partial charge in [-0.2, -0.15) is 8.42 Å². The normalized spacial score (nSPS) is 15.7. The van der Waals surface area contributed by atoms with Gasteiger partial charge >= 0.3 is 0 Å². The molecule has 0 radical (unpaired) electrons. The van der Waals surface area contributed by atoms with Crippen molar-refractivity contribution in [2.45, 2.75) is 23.3 Å². The van der Waals surface area contributed by atoms with Crippen LogP contribution in [0.1, 0.15) is 33.6 Å². The van der Waals surface area contributed by atoms with E-state index in [1.807, 2.05) is 0 Å². The van der Waals surface area contributed by atoms with E-state index in [0.29, 0.717) is 30.1 Å². The van der Waals surface area contributed by atoms with Crippen molar-refractivity contribution in [2.75, 3.05) is 23.2 Å². The fourth-order valence-electron chi connectivity index (χ4n) is 3.19. The largest absolute Gasteiger partial charge is 0.376 e. The van der Waals surface area contributed by atoms with Crippen LogP contribution in [0, 0.1) is 0 Å². The Kier molecular flexibility index (Phi) is 6.96. The maximum atomic E-state index is 12.8. The molecule has 0 bridgehead atoms. The molecule has 1 saturated heterocycles. The fraction of sp³-hybridized carbons (Fsp3) is 0.238. The van der Waals surface area contributed by atoms with E-state index >= 15 is 0 Å². The Hall–Kier alpha value is -3.35. The van der Waals surface area contributed by atoms with Crippen molar-refractivity contribution in [1.82, 2.24) is 15.5 Å². The van der Waals surface area contributed by atoms with Gasteiger partial charge in [0.15, 0.2) is 0 Å². The summed E-state index contributed by atoms with van der Waals surface area (Å²) in [6, 6.07) is 14.7. The Morgan fingerprint density at radius 1 is 1.03 bits per heavy atom. The molecule has 3 aromatic rings. The molecule has 1 fully saturated rings. The van der Waals surface area contributed by atoms with Gasteiger partial charge in [-0.3, -0.25) is 19.6 Å². The molecule has 0 aliphatic carbocycles. The highest BCUT2D eigenvalue weighted by Gasteiger charge is 2.24. The Morgan fingerprint density at radius 3 is 2.55 bits per heavy atom. The maximum absolute atomic E-state index is 12.8. The number of hydrogen-bond acceptors (Lipinski definition) is 8. The second-order valence-corrected chi connectivity index (χ2v) is 10.0. The lowest BCUT2D eigenvalue weighted by Crippen LogP contribution is -2.32. The summed E-state index contributed by atoms with van der Waals surface area (Å²) in [4.78, 5) is 24.9. The van der Waals surface area contributed by atoms with Gasteiger partial charge in [0.25, 0.3) is 26.2 Å². The zero-order valence-corrected chi connectivity index (χ0v) is 19.0. The van der Waals surface area contributed by atoms with E-state index < -0.39 is 21.8 Å². The molecule has 10 nitrogen and oxygen atoms in total. The quantitative estimate of drug-likeness (QED) is 0.415. The molecule has 0 saturated carbocycles. The average molecular weight is 488 g/mol. The van der Waals surface area contributed by atoms with Crippen LogP contribution in [0.4, 0.5) is 10.8 Å². The first-order chi connectivity index (χ1) is 15.9. The number of para-hydroxylation sites is 1. The number of hydrogen-bond donors (Lipinski definition) is 3. The van der Waals surface area contributed by atoms with E-state index in [4.69, 9.17) is 4.74 Å². The van der Waals surface area contributed by atoms with E-state index in [2.05, 4.69) is 25.6 Å². The summed E-state index contributed by atoms with van der Waals surface area (Å²) in [6.45, 7) is 1.02. The summed E-state index contributed by atoms with van der Waals surface area (Å²) in [5.74, 6) is -0.853. The molecular weight excluding hydrogens is 466 g/mol. The van der Waals surface area contributed by atoms with Gasteiger partial charge in [-0.05, 0) is 37.1 Å². The minimum absolute atomic E-state index is 0.0341. The zero-order chi connectivity index (χ0) is 23.3. The third-order valence-electron chi connectivity index (χ3n) is 4.82. The number of amides is 2. The summed E-state index contributed by atoms with van der Waals surface area (Å²) in [5, 5.41) is 12.8. The predicted octanol–water partition coefficient (Wildman–Crippen LogP) is 2.50. The van der Waals surface area contributed by atoms with Crippen molar-refractivity contribution < 1.29 is 22.7 Å². The molecule has 1 aromatic heterocycles. The lowest BCUT2D eigenvalue weighted by molar-refractivity contribution is 0.0858. The molecule has 1 aliphatic heterocycles. The lowest BCUT2D eigenvalue weighted by Gasteiger charge is -2.13. The first kappa shape index (κ1) is 22.8. The van der Waals surface area contributed by atoms with Crippen LogP contribution in [-0.4, -0.2) is 49.7 Å². The topological polar surface area (TPSA) is 139 Å². The number of ether oxygens (including phenoxy) is 1. The molecular formula is C21H21N5O5S2. The number of benzene rings is 2. The predicted molar refractivity (Wildman–Crippen MR) is 123 cm³/mol. The van der Waals surface area contributed by atoms with Gasteiger partial charge in [0.2, 0.25) is 5.13 Å². The molecule has 1 atom stereocenters. The van der Waals surface area contributed by atoms with E-state index in [1.165, 1.54) is 12.1 Å². The van der Waals surface area contributed by atoms with E-state index in [9.17, 15) is 18.0 Å². The van der Waals surface area contributed by atoms with E-state index in [0.717, 1.165) is 12.8 Å². The Balaban J connectivity index is 1.45. The monoisotopic (exact) mass is 487 g/mol. The molecule has 2 amide bonds. The third kappa shape index (κ3) is 5.72. The Labute approximate surface area is 194 Å². The van der Waals surface area contributed by atoms with Crippen LogP contribution >= 0.6 is 11.3 Å². The molecule has 4 rings (SSSR count). The number of sulfonamides is 1. The van der Waals surface area contributed by atoms with Gasteiger partial charge in [0, 0.05) is 18.7 Å². The molecule has 1 aliphatic rings. The van der Waals surface area contributed by atoms with Crippen LogP contribution < -0.4 is 15.4 Å². The lowest BCUT2D eigenvalue weighted by atomic mass is 10.1. The molecule has 172 valence electrons. The van der Waals surface area contributed by atoms with Gasteiger partial charge in [0.1, 0.15) is 0 Å². The first-order valence-electron chi connectivity index (χ1n) is 10.1. The first-order valence-corrected chi connectivity index (χ1v) is 12.4. The summed E-state index contributed by atoms with van der Waals surface area (Å²) in [7, 11) is -4.14. The van der Waals surface area contributed by atoms with Crippen LogP contribution in [0.3, 0.4) is 0 Å². The van der Waals surface area contributed by atoms with Crippen molar-refractivity contribution in [1.29, 1.82) is 0 Å². The molecule has 2 aromatic carbocycles. The minimum atomic E-state index is -4.14. The summed E-state index contributed by atoms with van der Waals surface area (Å²) in [6.07, 6.45) is 1.78. The van der Waals surface area contributed by atoms with Crippen molar-refractivity contribution >= 4 is 44.0 Å². The number of nitrogens with one attached hydrogen (secondary N) is 3. The smallest absolute Gasteiger partial charge is 0.291 e. The van der Waals surface area contributed by atoms with Gasteiger partial charge in [0.05, 0.1) is 17.4 Å². The van der Waals surface area contributed by atoms with Crippen molar-refractivity contribution in [3.05, 3.63) is 65.7 Å². The number of rotatable bonds is 8. The second kappa shape index (κ2) is 10.1. The Morgan fingerprint density at radius 2 is 1.79 bits per heavy atom. The number of aromatic nitrogens is 2. The van der Waals surface area contributed by atoms with Crippen LogP contribution in [-0.2, 0) is 14.8 Å². The molecule has 0 spiro atoms. The van der Waals surface area contributed by atoms with Crippen LogP contribution in [0.25, 0.3) is 0 Å². The highest BCUT2D eigenvalue weighted by atomic mass is 32.2. The van der Waals surface area contributed by atoms with Gasteiger partial charge < -0.3 is 10.1 Å². The van der Waals surface area contributed by atoms with Crippen LogP contribution in [0.15, 0.2) is 58.9 Å². The summed E-state index contributed by atoms with van der Waals surface area (Å²) >= 11 is 0.702. The van der Waals surface area contributed by atoms with Crippen molar-refractivity contribution in [2.24, 2.45) is 0 Å². The molecule has 0 unspecified atom stereocenters. The zero-order valence-electron chi connectivity index (χ0n) is 17.4. The number of anilines is 2. The Bertz CT molecular complexity index is 1240. The third-order valence-corrected chi connectivity index (χ3v) is 7.39. The highest BCUT2D eigenvalue weighted by molar-refractivity contribution is 7.94. The highest BCUT2D eigenvalue weighted by Crippen LogP contribution is 2.25. The molecule has 12 heteroatoms. The summed E-state index contributed by atoms with van der Waals surface area (Å²) < 4.78 is 33.2. The standard InChI is InChI=1S/C21H21N5O5S2/c27-18(14-7-2-1-3-8-14)23-20-24-25-21(32-20)33(29,30)26-17-11-5-4-10-16(17)19(28)22-13-15-9-6-12-31-15/h1-5,7-8,10-11,15,26H,6,9,12-13H2,(H,22,28)(H,23,24,27)/t15-/m0/s1. The van der Waals surface area contributed by atoms with Gasteiger partial charge in [-0.1, -0.05) is 41.7 Å². The van der Waals surface area contributed by atoms with E-state index in [-0.39, 0.29) is 26.8 Å². The maximum Gasteiger partial charge on any atom is 0.291 e. The molecule has 2 heterocycles. The van der Waals surface area contributed by atoms with Crippen LogP contribution in [0.5, 0.6) is 0 Å². The van der Waals surface area contributed by atoms with Gasteiger partial charge in [-0.15, -0.1) is 10.2 Å². The van der Waals surface area contributed by atoms with Crippen LogP contribution in [0.2, 0.25) is 0 Å².